The molecule has 0 aliphatic carbocycles. The third kappa shape index (κ3) is 9.27. The molecule has 2 aliphatic heterocycles. The highest BCUT2D eigenvalue weighted by Crippen LogP contribution is 2.37. The fraction of sp³-hybridized carbons (Fsp3) is 0.529. The van der Waals surface area contributed by atoms with Crippen molar-refractivity contribution in [2.75, 3.05) is 77.3 Å². The maximum absolute atomic E-state index is 13.7. The predicted molar refractivity (Wildman–Crippen MR) is 188 cm³/mol. The van der Waals surface area contributed by atoms with E-state index >= 15 is 0 Å². The Morgan fingerprint density at radius 3 is 2.35 bits per heavy atom. The van der Waals surface area contributed by atoms with Gasteiger partial charge in [-0.05, 0) is 61.2 Å². The van der Waals surface area contributed by atoms with Crippen LogP contribution in [0.15, 0.2) is 36.4 Å². The maximum atomic E-state index is 13.7. The first-order valence-electron chi connectivity index (χ1n) is 16.0. The van der Waals surface area contributed by atoms with Crippen molar-refractivity contribution in [3.8, 4) is 17.2 Å². The van der Waals surface area contributed by atoms with Gasteiger partial charge in [0.15, 0.2) is 11.5 Å². The van der Waals surface area contributed by atoms with Crippen molar-refractivity contribution in [1.29, 1.82) is 0 Å². The summed E-state index contributed by atoms with van der Waals surface area (Å²) in [5.41, 5.74) is 8.43. The van der Waals surface area contributed by atoms with Gasteiger partial charge in [-0.15, -0.1) is 23.5 Å². The molecule has 0 bridgehead atoms. The number of nitrogens with two attached hydrogens (primary N) is 1. The van der Waals surface area contributed by atoms with Crippen LogP contribution in [0.3, 0.4) is 0 Å². The van der Waals surface area contributed by atoms with Gasteiger partial charge in [0.25, 0.3) is 5.91 Å². The highest BCUT2D eigenvalue weighted by atomic mass is 32.2. The van der Waals surface area contributed by atoms with Gasteiger partial charge in [0.1, 0.15) is 19.0 Å². The molecular weight excluding hydrogens is 625 g/mol. The topological polar surface area (TPSA) is 118 Å². The van der Waals surface area contributed by atoms with E-state index in [-0.39, 0.29) is 37.7 Å². The Hall–Kier alpha value is -3.06. The summed E-state index contributed by atoms with van der Waals surface area (Å²) >= 11 is 3.78. The molecule has 1 atom stereocenters. The molecule has 0 spiro atoms. The molecule has 46 heavy (non-hydrogen) atoms. The first-order valence-corrected chi connectivity index (χ1v) is 18.1. The standard InChI is InChI=1S/C34H48N4O6S2/c1-5-45-34(46-6-2)28-8-7-13-38(28)33(41)26-21-25(23-39)30(22-27(26)35)44-19-18-43-29-11-9-24(20-31(29)42-4)10-12-32(40)37-16-14-36(3)15-17-37/h9-12,20-22,28,34,39H,5-8,13-19,23,35H2,1-4H3/t28-/m0/s1. The second kappa shape index (κ2) is 17.7. The molecule has 2 aromatic carbocycles. The highest BCUT2D eigenvalue weighted by Gasteiger charge is 2.36. The van der Waals surface area contributed by atoms with Crippen LogP contribution in [0.1, 0.15) is 48.2 Å². The number of carbonyl (C=O) groups is 2. The number of likely N-dealkylation sites (N-methyl/N-ethyl adjacent to an activating group) is 1. The van der Waals surface area contributed by atoms with Crippen LogP contribution in [0.2, 0.25) is 0 Å². The number of thioether (sulfide) groups is 2. The van der Waals surface area contributed by atoms with Crippen molar-refractivity contribution >= 4 is 47.1 Å². The smallest absolute Gasteiger partial charge is 0.256 e. The van der Waals surface area contributed by atoms with Crippen LogP contribution in [0.5, 0.6) is 17.2 Å². The summed E-state index contributed by atoms with van der Waals surface area (Å²) in [4.78, 5) is 32.3. The lowest BCUT2D eigenvalue weighted by Gasteiger charge is -2.31. The Labute approximate surface area is 281 Å². The van der Waals surface area contributed by atoms with Gasteiger partial charge < -0.3 is 39.8 Å². The molecule has 10 nitrogen and oxygen atoms in total. The lowest BCUT2D eigenvalue weighted by atomic mass is 10.1. The maximum Gasteiger partial charge on any atom is 0.256 e. The summed E-state index contributed by atoms with van der Waals surface area (Å²) in [7, 11) is 3.62. The molecule has 0 unspecified atom stereocenters. The number of methoxy groups -OCH3 is 1. The largest absolute Gasteiger partial charge is 0.493 e. The number of hydrogen-bond donors (Lipinski definition) is 2. The quantitative estimate of drug-likeness (QED) is 0.122. The van der Waals surface area contributed by atoms with Gasteiger partial charge in [-0.1, -0.05) is 19.9 Å². The Kier molecular flexibility index (Phi) is 13.8. The normalized spacial score (nSPS) is 17.2. The Morgan fingerprint density at radius 1 is 1.00 bits per heavy atom. The molecule has 2 aliphatic rings. The number of hydrogen-bond acceptors (Lipinski definition) is 10. The average Bonchev–Trinajstić information content (AvgIpc) is 3.56. The summed E-state index contributed by atoms with van der Waals surface area (Å²) < 4.78 is 17.7. The van der Waals surface area contributed by atoms with Crippen LogP contribution in [0.25, 0.3) is 6.08 Å². The van der Waals surface area contributed by atoms with E-state index in [9.17, 15) is 14.7 Å². The predicted octanol–water partition coefficient (Wildman–Crippen LogP) is 4.45. The SMILES string of the molecule is CCSC(SCC)[C@@H]1CCCN1C(=O)c1cc(CO)c(OCCOc2ccc(C=CC(=O)N3CCN(C)CC3)cc2OC)cc1N. The minimum atomic E-state index is -0.291. The minimum absolute atomic E-state index is 0.00384. The van der Waals surface area contributed by atoms with E-state index in [2.05, 4.69) is 25.8 Å². The third-order valence-electron chi connectivity index (χ3n) is 8.19. The fourth-order valence-electron chi connectivity index (χ4n) is 5.67. The first kappa shape index (κ1) is 35.8. The van der Waals surface area contributed by atoms with Gasteiger partial charge >= 0.3 is 0 Å². The first-order chi connectivity index (χ1) is 22.3. The molecule has 252 valence electrons. The number of amides is 2. The van der Waals surface area contributed by atoms with Crippen molar-refractivity contribution in [2.24, 2.45) is 0 Å². The van der Waals surface area contributed by atoms with Crippen molar-refractivity contribution < 1.29 is 28.9 Å². The van der Waals surface area contributed by atoms with Gasteiger partial charge in [-0.3, -0.25) is 9.59 Å². The van der Waals surface area contributed by atoms with Crippen molar-refractivity contribution in [3.63, 3.8) is 0 Å². The van der Waals surface area contributed by atoms with E-state index in [1.165, 1.54) is 0 Å². The third-order valence-corrected chi connectivity index (χ3v) is 11.0. The summed E-state index contributed by atoms with van der Waals surface area (Å²) in [6.45, 7) is 8.30. The van der Waals surface area contributed by atoms with Gasteiger partial charge in [-0.2, -0.15) is 0 Å². The van der Waals surface area contributed by atoms with Gasteiger partial charge in [-0.25, -0.2) is 0 Å². The molecule has 2 aromatic rings. The van der Waals surface area contributed by atoms with Crippen LogP contribution in [-0.4, -0.2) is 114 Å². The second-order valence-corrected chi connectivity index (χ2v) is 14.4. The number of aliphatic hydroxyl groups excluding tert-OH is 1. The Bertz CT molecular complexity index is 1350. The molecule has 4 rings (SSSR count). The van der Waals surface area contributed by atoms with E-state index in [0.717, 1.165) is 56.1 Å². The molecule has 12 heteroatoms. The van der Waals surface area contributed by atoms with E-state index in [4.69, 9.17) is 19.9 Å². The Morgan fingerprint density at radius 2 is 1.70 bits per heavy atom. The van der Waals surface area contributed by atoms with Crippen molar-refractivity contribution in [1.82, 2.24) is 14.7 Å². The summed E-state index contributed by atoms with van der Waals surface area (Å²) in [6.07, 6.45) is 5.32. The van der Waals surface area contributed by atoms with E-state index in [1.54, 1.807) is 37.5 Å². The van der Waals surface area contributed by atoms with Crippen LogP contribution < -0.4 is 19.9 Å². The fourth-order valence-corrected chi connectivity index (χ4v) is 8.54. The lowest BCUT2D eigenvalue weighted by Crippen LogP contribution is -2.46. The van der Waals surface area contributed by atoms with Crippen LogP contribution in [0.4, 0.5) is 5.69 Å². The van der Waals surface area contributed by atoms with Crippen LogP contribution in [0, 0.1) is 0 Å². The van der Waals surface area contributed by atoms with Gasteiger partial charge in [0, 0.05) is 56.1 Å². The number of anilines is 1. The molecular formula is C34H48N4O6S2. The van der Waals surface area contributed by atoms with E-state index < -0.39 is 0 Å². The average molecular weight is 673 g/mol. The van der Waals surface area contributed by atoms with Gasteiger partial charge in [0.05, 0.1) is 29.9 Å². The second-order valence-electron chi connectivity index (χ2n) is 11.3. The molecule has 3 N–H and O–H groups in total. The molecule has 0 aromatic heterocycles. The number of carbonyl (C=O) groups excluding carboxylic acids is 2. The summed E-state index contributed by atoms with van der Waals surface area (Å²) in [5.74, 6) is 3.38. The number of aliphatic hydroxyl groups is 1. The van der Waals surface area contributed by atoms with Crippen LogP contribution >= 0.6 is 23.5 Å². The number of rotatable bonds is 15. The number of nitrogens with zero attached hydrogens (tertiary/aromatic N) is 3. The zero-order valence-electron chi connectivity index (χ0n) is 27.4. The highest BCUT2D eigenvalue weighted by molar-refractivity contribution is 8.17. The number of benzene rings is 2. The van der Waals surface area contributed by atoms with Crippen molar-refractivity contribution in [2.45, 2.75) is 43.9 Å². The number of nitrogen functional groups attached to an aromatic ring is 1. The molecule has 2 saturated heterocycles. The molecule has 2 fully saturated rings. The lowest BCUT2D eigenvalue weighted by molar-refractivity contribution is -0.127. The minimum Gasteiger partial charge on any atom is -0.493 e. The van der Waals surface area contributed by atoms with Crippen molar-refractivity contribution in [3.05, 3.63) is 53.1 Å². The molecule has 2 amide bonds. The molecule has 0 saturated carbocycles. The number of ether oxygens (including phenoxy) is 3. The van der Waals surface area contributed by atoms with Crippen LogP contribution in [-0.2, 0) is 11.4 Å². The summed E-state index contributed by atoms with van der Waals surface area (Å²) in [6, 6.07) is 8.90. The number of piperazine rings is 1. The zero-order chi connectivity index (χ0) is 33.1. The summed E-state index contributed by atoms with van der Waals surface area (Å²) in [5, 5.41) is 10.1. The molecule has 0 radical (unpaired) electrons. The molecule has 2 heterocycles. The van der Waals surface area contributed by atoms with E-state index in [0.29, 0.717) is 45.2 Å². The monoisotopic (exact) mass is 672 g/mol. The zero-order valence-corrected chi connectivity index (χ0v) is 29.0. The van der Waals surface area contributed by atoms with Gasteiger partial charge in [0.2, 0.25) is 5.91 Å². The van der Waals surface area contributed by atoms with E-state index in [1.807, 2.05) is 45.5 Å². The Balaban J connectivity index is 1.34. The number of likely N-dealkylation sites (tertiary alicyclic amines) is 1.